The summed E-state index contributed by atoms with van der Waals surface area (Å²) in [5.41, 5.74) is 3.89. The second-order valence-electron chi connectivity index (χ2n) is 5.38. The molecular weight excluding hydrogens is 381 g/mol. The van der Waals surface area contributed by atoms with Crippen molar-refractivity contribution in [3.8, 4) is 5.75 Å². The van der Waals surface area contributed by atoms with E-state index in [1.807, 2.05) is 0 Å². The van der Waals surface area contributed by atoms with Gasteiger partial charge in [-0.1, -0.05) is 29.3 Å². The average molecular weight is 396 g/mol. The number of rotatable bonds is 6. The minimum absolute atomic E-state index is 0.0296. The lowest BCUT2D eigenvalue weighted by molar-refractivity contribution is -0.385. The molecule has 0 unspecified atom stereocenters. The molecule has 1 amide bonds. The molecule has 0 aliphatic carbocycles. The van der Waals surface area contributed by atoms with Crippen molar-refractivity contribution in [3.63, 3.8) is 0 Å². The molecule has 0 radical (unpaired) electrons. The molecule has 0 aliphatic rings. The zero-order chi connectivity index (χ0) is 19.3. The van der Waals surface area contributed by atoms with Crippen LogP contribution in [-0.2, 0) is 4.79 Å². The molecule has 9 heteroatoms. The van der Waals surface area contributed by atoms with Gasteiger partial charge in [0.05, 0.1) is 21.2 Å². The molecule has 0 heterocycles. The summed E-state index contributed by atoms with van der Waals surface area (Å²) in [6, 6.07) is 7.78. The highest BCUT2D eigenvalue weighted by Crippen LogP contribution is 2.28. The first-order valence-electron chi connectivity index (χ1n) is 7.44. The number of hydrogen-bond acceptors (Lipinski definition) is 5. The van der Waals surface area contributed by atoms with E-state index in [4.69, 9.17) is 27.9 Å². The number of hydrazone groups is 1. The van der Waals surface area contributed by atoms with E-state index in [1.54, 1.807) is 32.0 Å². The van der Waals surface area contributed by atoms with Gasteiger partial charge in [0.1, 0.15) is 5.75 Å². The predicted molar refractivity (Wildman–Crippen MR) is 100 cm³/mol. The van der Waals surface area contributed by atoms with Gasteiger partial charge in [-0.05, 0) is 37.1 Å². The lowest BCUT2D eigenvalue weighted by Crippen LogP contribution is -2.25. The Hall–Kier alpha value is -2.64. The normalized spacial score (nSPS) is 10.8. The fraction of sp³-hybridized carbons (Fsp3) is 0.176. The van der Waals surface area contributed by atoms with Gasteiger partial charge in [-0.2, -0.15) is 5.10 Å². The molecule has 26 heavy (non-hydrogen) atoms. The number of hydrogen-bond donors (Lipinski definition) is 1. The maximum atomic E-state index is 11.9. The van der Waals surface area contributed by atoms with Crippen LogP contribution < -0.4 is 10.2 Å². The number of halogens is 2. The third-order valence-electron chi connectivity index (χ3n) is 3.39. The fourth-order valence-electron chi connectivity index (χ4n) is 2.23. The summed E-state index contributed by atoms with van der Waals surface area (Å²) in [5.74, 6) is -0.0783. The Morgan fingerprint density at radius 1 is 1.27 bits per heavy atom. The van der Waals surface area contributed by atoms with E-state index in [1.165, 1.54) is 18.3 Å². The summed E-state index contributed by atoms with van der Waals surface area (Å²) < 4.78 is 5.45. The second-order valence-corrected chi connectivity index (χ2v) is 6.20. The summed E-state index contributed by atoms with van der Waals surface area (Å²) in [6.45, 7) is 3.04. The maximum absolute atomic E-state index is 11.9. The van der Waals surface area contributed by atoms with Crippen LogP contribution in [0.15, 0.2) is 35.4 Å². The Bertz CT molecular complexity index is 841. The minimum atomic E-state index is -0.499. The largest absolute Gasteiger partial charge is 0.483 e. The number of nitro benzene ring substituents is 1. The highest BCUT2D eigenvalue weighted by atomic mass is 35.5. The van der Waals surface area contributed by atoms with Crippen LogP contribution in [0.1, 0.15) is 16.7 Å². The van der Waals surface area contributed by atoms with E-state index < -0.39 is 10.8 Å². The molecule has 0 atom stereocenters. The van der Waals surface area contributed by atoms with Crippen molar-refractivity contribution in [1.82, 2.24) is 5.43 Å². The van der Waals surface area contributed by atoms with Gasteiger partial charge in [-0.3, -0.25) is 14.9 Å². The van der Waals surface area contributed by atoms with Crippen LogP contribution in [-0.4, -0.2) is 23.7 Å². The first-order valence-corrected chi connectivity index (χ1v) is 8.19. The molecule has 2 aromatic rings. The molecule has 1 N–H and O–H groups in total. The van der Waals surface area contributed by atoms with E-state index >= 15 is 0 Å². The van der Waals surface area contributed by atoms with Crippen molar-refractivity contribution < 1.29 is 14.5 Å². The van der Waals surface area contributed by atoms with E-state index in [2.05, 4.69) is 10.5 Å². The summed E-state index contributed by atoms with van der Waals surface area (Å²) in [5, 5.41) is 15.4. The Morgan fingerprint density at radius 2 is 1.85 bits per heavy atom. The molecular formula is C17H15Cl2N3O4. The van der Waals surface area contributed by atoms with Gasteiger partial charge in [0, 0.05) is 17.7 Å². The van der Waals surface area contributed by atoms with Gasteiger partial charge in [0.15, 0.2) is 6.61 Å². The van der Waals surface area contributed by atoms with Gasteiger partial charge >= 0.3 is 0 Å². The zero-order valence-corrected chi connectivity index (χ0v) is 15.5. The van der Waals surface area contributed by atoms with Crippen LogP contribution in [0.25, 0.3) is 0 Å². The highest BCUT2D eigenvalue weighted by Gasteiger charge is 2.14. The SMILES string of the molecule is Cc1cc([N+](=O)[O-])cc(C)c1OCC(=O)N/N=C/c1c(Cl)cccc1Cl. The van der Waals surface area contributed by atoms with Crippen molar-refractivity contribution >= 4 is 41.0 Å². The summed E-state index contributed by atoms with van der Waals surface area (Å²) in [7, 11) is 0. The molecule has 2 rings (SSSR count). The number of ether oxygens (including phenoxy) is 1. The van der Waals surface area contributed by atoms with Crippen molar-refractivity contribution in [2.75, 3.05) is 6.61 Å². The number of nitrogens with zero attached hydrogens (tertiary/aromatic N) is 2. The third kappa shape index (κ3) is 4.93. The Kier molecular flexibility index (Phi) is 6.54. The topological polar surface area (TPSA) is 93.8 Å². The molecule has 0 fully saturated rings. The molecule has 2 aromatic carbocycles. The third-order valence-corrected chi connectivity index (χ3v) is 4.05. The lowest BCUT2D eigenvalue weighted by atomic mass is 10.1. The number of nitrogens with one attached hydrogen (secondary N) is 1. The van der Waals surface area contributed by atoms with Crippen molar-refractivity contribution in [3.05, 3.63) is 67.2 Å². The smallest absolute Gasteiger partial charge is 0.277 e. The molecule has 0 aliphatic heterocycles. The summed E-state index contributed by atoms with van der Waals surface area (Å²) in [4.78, 5) is 22.2. The quantitative estimate of drug-likeness (QED) is 0.453. The highest BCUT2D eigenvalue weighted by molar-refractivity contribution is 6.38. The van der Waals surface area contributed by atoms with E-state index in [9.17, 15) is 14.9 Å². The van der Waals surface area contributed by atoms with Gasteiger partial charge < -0.3 is 4.74 Å². The maximum Gasteiger partial charge on any atom is 0.277 e. The number of carbonyl (C=O) groups excluding carboxylic acids is 1. The fourth-order valence-corrected chi connectivity index (χ4v) is 2.73. The Balaban J connectivity index is 1.97. The summed E-state index contributed by atoms with van der Waals surface area (Å²) >= 11 is 12.0. The van der Waals surface area contributed by atoms with Crippen molar-refractivity contribution in [1.29, 1.82) is 0 Å². The van der Waals surface area contributed by atoms with E-state index in [0.717, 1.165) is 0 Å². The number of carbonyl (C=O) groups is 1. The van der Waals surface area contributed by atoms with E-state index in [0.29, 0.717) is 32.5 Å². The first-order chi connectivity index (χ1) is 12.3. The van der Waals surface area contributed by atoms with Crippen LogP contribution in [0.3, 0.4) is 0 Å². The second kappa shape index (κ2) is 8.64. The molecule has 0 bridgehead atoms. The molecule has 136 valence electrons. The Morgan fingerprint density at radius 3 is 2.38 bits per heavy atom. The lowest BCUT2D eigenvalue weighted by Gasteiger charge is -2.11. The van der Waals surface area contributed by atoms with Crippen LogP contribution in [0, 0.1) is 24.0 Å². The van der Waals surface area contributed by atoms with Crippen LogP contribution in [0.4, 0.5) is 5.69 Å². The standard InChI is InChI=1S/C17H15Cl2N3O4/c1-10-6-12(22(24)25)7-11(2)17(10)26-9-16(23)21-20-8-13-14(18)4-3-5-15(13)19/h3-8H,9H2,1-2H3,(H,21,23)/b20-8+. The summed E-state index contributed by atoms with van der Waals surface area (Å²) in [6.07, 6.45) is 1.34. The van der Waals surface area contributed by atoms with Gasteiger partial charge in [-0.25, -0.2) is 5.43 Å². The molecule has 7 nitrogen and oxygen atoms in total. The van der Waals surface area contributed by atoms with Crippen LogP contribution in [0.5, 0.6) is 5.75 Å². The number of amides is 1. The van der Waals surface area contributed by atoms with Gasteiger partial charge in [0.25, 0.3) is 11.6 Å². The zero-order valence-electron chi connectivity index (χ0n) is 14.0. The number of nitro groups is 1. The predicted octanol–water partition coefficient (Wildman–Crippen LogP) is 4.05. The number of aryl methyl sites for hydroxylation is 2. The molecule has 0 spiro atoms. The number of benzene rings is 2. The van der Waals surface area contributed by atoms with Crippen LogP contribution in [0.2, 0.25) is 10.0 Å². The molecule has 0 saturated carbocycles. The number of non-ortho nitro benzene ring substituents is 1. The Labute approximate surface area is 159 Å². The molecule has 0 aromatic heterocycles. The average Bonchev–Trinajstić information content (AvgIpc) is 2.56. The first kappa shape index (κ1) is 19.7. The van der Waals surface area contributed by atoms with Crippen LogP contribution >= 0.6 is 23.2 Å². The van der Waals surface area contributed by atoms with E-state index in [-0.39, 0.29) is 12.3 Å². The van der Waals surface area contributed by atoms with Crippen molar-refractivity contribution in [2.24, 2.45) is 5.10 Å². The van der Waals surface area contributed by atoms with Gasteiger partial charge in [-0.15, -0.1) is 0 Å². The minimum Gasteiger partial charge on any atom is -0.483 e. The van der Waals surface area contributed by atoms with Gasteiger partial charge in [0.2, 0.25) is 0 Å². The van der Waals surface area contributed by atoms with Crippen molar-refractivity contribution in [2.45, 2.75) is 13.8 Å². The monoisotopic (exact) mass is 395 g/mol. The molecule has 0 saturated heterocycles.